The van der Waals surface area contributed by atoms with Gasteiger partial charge in [0.1, 0.15) is 0 Å². The molecule has 7 heteroatoms. The number of rotatable bonds is 6. The van der Waals surface area contributed by atoms with Crippen LogP contribution in [0.3, 0.4) is 0 Å². The van der Waals surface area contributed by atoms with Gasteiger partial charge in [-0.2, -0.15) is 0 Å². The van der Waals surface area contributed by atoms with Crippen LogP contribution in [0.15, 0.2) is 12.1 Å². The Morgan fingerprint density at radius 2 is 2.00 bits per heavy atom. The smallest absolute Gasteiger partial charge is 0.232 e. The van der Waals surface area contributed by atoms with Gasteiger partial charge in [0.15, 0.2) is 0 Å². The topological polar surface area (TPSA) is 66.5 Å². The Hall–Kier alpha value is -1.27. The maximum atomic E-state index is 12.1. The number of nitrogens with zero attached hydrogens (tertiary/aromatic N) is 1. The highest BCUT2D eigenvalue weighted by atomic mass is 35.5. The molecule has 0 radical (unpaired) electrons. The Balaban J connectivity index is 2.21. The summed E-state index contributed by atoms with van der Waals surface area (Å²) in [4.78, 5) is 11.8. The first-order valence-corrected chi connectivity index (χ1v) is 9.45. The van der Waals surface area contributed by atoms with Crippen molar-refractivity contribution in [3.63, 3.8) is 0 Å². The number of hydrogen-bond acceptors (Lipinski definition) is 3. The molecule has 1 aliphatic carbocycles. The summed E-state index contributed by atoms with van der Waals surface area (Å²) in [6.45, 7) is 3.80. The molecule has 0 saturated heterocycles. The molecule has 0 heterocycles. The van der Waals surface area contributed by atoms with Crippen molar-refractivity contribution in [1.82, 2.24) is 5.32 Å². The van der Waals surface area contributed by atoms with Crippen LogP contribution in [0.2, 0.25) is 5.02 Å². The van der Waals surface area contributed by atoms with Crippen molar-refractivity contribution in [3.8, 4) is 0 Å². The van der Waals surface area contributed by atoms with Gasteiger partial charge >= 0.3 is 0 Å². The molecule has 1 N–H and O–H groups in total. The van der Waals surface area contributed by atoms with Gasteiger partial charge in [-0.1, -0.05) is 17.7 Å². The normalized spacial score (nSPS) is 14.7. The minimum Gasteiger partial charge on any atom is -0.353 e. The van der Waals surface area contributed by atoms with E-state index in [0.29, 0.717) is 10.7 Å². The molecule has 0 aromatic heterocycles. The van der Waals surface area contributed by atoms with E-state index in [2.05, 4.69) is 5.32 Å². The second kappa shape index (κ2) is 6.46. The first kappa shape index (κ1) is 17.1. The van der Waals surface area contributed by atoms with Gasteiger partial charge < -0.3 is 5.32 Å². The van der Waals surface area contributed by atoms with Crippen molar-refractivity contribution in [2.24, 2.45) is 0 Å². The van der Waals surface area contributed by atoms with Crippen LogP contribution in [0.1, 0.15) is 30.4 Å². The van der Waals surface area contributed by atoms with Crippen LogP contribution in [0, 0.1) is 13.8 Å². The van der Waals surface area contributed by atoms with E-state index in [-0.39, 0.29) is 24.9 Å². The molecular weight excluding hydrogens is 324 g/mol. The number of carbonyl (C=O) groups excluding carboxylic acids is 1. The van der Waals surface area contributed by atoms with Gasteiger partial charge in [-0.3, -0.25) is 9.10 Å². The SMILES string of the molecule is Cc1cc(C)c(N(CCC(=O)NC2CC2)S(C)(=O)=O)c(Cl)c1. The average Bonchev–Trinajstić information content (AvgIpc) is 3.14. The van der Waals surface area contributed by atoms with E-state index in [9.17, 15) is 13.2 Å². The predicted octanol–water partition coefficient (Wildman–Crippen LogP) is 2.39. The molecule has 5 nitrogen and oxygen atoms in total. The molecular formula is C15H21ClN2O3S. The first-order valence-electron chi connectivity index (χ1n) is 7.22. The van der Waals surface area contributed by atoms with E-state index < -0.39 is 10.0 Å². The number of hydrogen-bond donors (Lipinski definition) is 1. The molecule has 0 unspecified atom stereocenters. The highest BCUT2D eigenvalue weighted by molar-refractivity contribution is 7.92. The molecule has 1 fully saturated rings. The highest BCUT2D eigenvalue weighted by Crippen LogP contribution is 2.32. The van der Waals surface area contributed by atoms with Gasteiger partial charge in [-0.25, -0.2) is 8.42 Å². The van der Waals surface area contributed by atoms with Gasteiger partial charge in [0, 0.05) is 19.0 Å². The van der Waals surface area contributed by atoms with Crippen LogP contribution in [0.4, 0.5) is 5.69 Å². The molecule has 0 bridgehead atoms. The lowest BCUT2D eigenvalue weighted by Gasteiger charge is -2.25. The molecule has 22 heavy (non-hydrogen) atoms. The van der Waals surface area contributed by atoms with Crippen molar-refractivity contribution in [2.75, 3.05) is 17.1 Å². The lowest BCUT2D eigenvalue weighted by molar-refractivity contribution is -0.121. The van der Waals surface area contributed by atoms with Gasteiger partial charge in [-0.15, -0.1) is 0 Å². The number of amides is 1. The number of sulfonamides is 1. The zero-order chi connectivity index (χ0) is 16.5. The first-order chi connectivity index (χ1) is 10.2. The van der Waals surface area contributed by atoms with Crippen molar-refractivity contribution in [3.05, 3.63) is 28.3 Å². The number of aryl methyl sites for hydroxylation is 2. The number of anilines is 1. The summed E-state index contributed by atoms with van der Waals surface area (Å²) in [6.07, 6.45) is 3.25. The monoisotopic (exact) mass is 344 g/mol. The fourth-order valence-corrected chi connectivity index (χ4v) is 3.87. The number of benzene rings is 1. The molecule has 1 saturated carbocycles. The van der Waals surface area contributed by atoms with Gasteiger partial charge in [0.25, 0.3) is 0 Å². The molecule has 1 amide bonds. The second-order valence-corrected chi connectivity index (χ2v) is 8.15. The molecule has 0 aliphatic heterocycles. The quantitative estimate of drug-likeness (QED) is 0.861. The van der Waals surface area contributed by atoms with Crippen molar-refractivity contribution < 1.29 is 13.2 Å². The van der Waals surface area contributed by atoms with E-state index in [4.69, 9.17) is 11.6 Å². The lowest BCUT2D eigenvalue weighted by Crippen LogP contribution is -2.35. The van der Waals surface area contributed by atoms with Crippen LogP contribution in [0.25, 0.3) is 0 Å². The standard InChI is InChI=1S/C15H21ClN2O3S/c1-10-8-11(2)15(13(16)9-10)18(22(3,20)21)7-6-14(19)17-12-4-5-12/h8-9,12H,4-7H2,1-3H3,(H,17,19). The summed E-state index contributed by atoms with van der Waals surface area (Å²) in [5, 5.41) is 3.24. The molecule has 1 aliphatic rings. The second-order valence-electron chi connectivity index (χ2n) is 5.84. The maximum Gasteiger partial charge on any atom is 0.232 e. The Morgan fingerprint density at radius 1 is 1.36 bits per heavy atom. The molecule has 1 aromatic carbocycles. The summed E-state index contributed by atoms with van der Waals surface area (Å²) < 4.78 is 25.4. The number of carbonyl (C=O) groups is 1. The van der Waals surface area contributed by atoms with Gasteiger partial charge in [-0.05, 0) is 43.9 Å². The minimum absolute atomic E-state index is 0.0843. The molecule has 0 spiro atoms. The third-order valence-corrected chi connectivity index (χ3v) is 4.99. The van der Waals surface area contributed by atoms with E-state index >= 15 is 0 Å². The average molecular weight is 345 g/mol. The predicted molar refractivity (Wildman–Crippen MR) is 88.9 cm³/mol. The Kier molecular flexibility index (Phi) is 5.02. The molecule has 0 atom stereocenters. The Morgan fingerprint density at radius 3 is 2.50 bits per heavy atom. The molecule has 2 rings (SSSR count). The van der Waals surface area contributed by atoms with Gasteiger partial charge in [0.05, 0.1) is 17.0 Å². The molecule has 122 valence electrons. The largest absolute Gasteiger partial charge is 0.353 e. The van der Waals surface area contributed by atoms with Crippen molar-refractivity contribution >= 4 is 33.2 Å². The zero-order valence-electron chi connectivity index (χ0n) is 13.0. The third-order valence-electron chi connectivity index (χ3n) is 3.53. The summed E-state index contributed by atoms with van der Waals surface area (Å²) >= 11 is 6.24. The Bertz CT molecular complexity index is 661. The zero-order valence-corrected chi connectivity index (χ0v) is 14.6. The van der Waals surface area contributed by atoms with Crippen molar-refractivity contribution in [1.29, 1.82) is 0 Å². The van der Waals surface area contributed by atoms with E-state index in [1.54, 1.807) is 6.07 Å². The third kappa shape index (κ3) is 4.36. The van der Waals surface area contributed by atoms with Crippen LogP contribution < -0.4 is 9.62 Å². The number of halogens is 1. The van der Waals surface area contributed by atoms with Crippen LogP contribution in [0.5, 0.6) is 0 Å². The number of nitrogens with one attached hydrogen (secondary N) is 1. The van der Waals surface area contributed by atoms with E-state index in [1.165, 1.54) is 4.31 Å². The fraction of sp³-hybridized carbons (Fsp3) is 0.533. The summed E-state index contributed by atoms with van der Waals surface area (Å²) in [7, 11) is -3.52. The van der Waals surface area contributed by atoms with Gasteiger partial charge in [0.2, 0.25) is 15.9 Å². The van der Waals surface area contributed by atoms with Crippen molar-refractivity contribution in [2.45, 2.75) is 39.2 Å². The minimum atomic E-state index is -3.52. The van der Waals surface area contributed by atoms with Crippen LogP contribution in [-0.4, -0.2) is 33.2 Å². The lowest BCUT2D eigenvalue weighted by atomic mass is 10.1. The Labute approximate surface area is 136 Å². The van der Waals surface area contributed by atoms with E-state index in [1.807, 2.05) is 19.9 Å². The summed E-state index contributed by atoms with van der Waals surface area (Å²) in [6, 6.07) is 3.87. The summed E-state index contributed by atoms with van der Waals surface area (Å²) in [5.41, 5.74) is 2.19. The molecule has 1 aromatic rings. The van der Waals surface area contributed by atoms with Crippen LogP contribution in [-0.2, 0) is 14.8 Å². The summed E-state index contributed by atoms with van der Waals surface area (Å²) in [5.74, 6) is -0.128. The van der Waals surface area contributed by atoms with E-state index in [0.717, 1.165) is 30.2 Å². The van der Waals surface area contributed by atoms with Crippen LogP contribution >= 0.6 is 11.6 Å². The maximum absolute atomic E-state index is 12.1. The fourth-order valence-electron chi connectivity index (χ4n) is 2.40. The highest BCUT2D eigenvalue weighted by Gasteiger charge is 2.26.